The van der Waals surface area contributed by atoms with Gasteiger partial charge in [-0.15, -0.1) is 0 Å². The molecule has 0 unspecified atom stereocenters. The van der Waals surface area contributed by atoms with Crippen molar-refractivity contribution in [3.8, 4) is 0 Å². The number of nitrogens with zero attached hydrogens (tertiary/aromatic N) is 1. The fourth-order valence-electron chi connectivity index (χ4n) is 1.91. The molecule has 2 aromatic rings. The van der Waals surface area contributed by atoms with Crippen LogP contribution in [-0.2, 0) is 4.79 Å². The first-order chi connectivity index (χ1) is 8.85. The summed E-state index contributed by atoms with van der Waals surface area (Å²) >= 11 is 3.40. The van der Waals surface area contributed by atoms with Gasteiger partial charge in [-0.3, -0.25) is 9.78 Å². The molecule has 0 saturated heterocycles. The molecule has 0 aliphatic rings. The van der Waals surface area contributed by atoms with Gasteiger partial charge in [0.2, 0.25) is 5.91 Å². The molecule has 3 nitrogen and oxygen atoms in total. The predicted molar refractivity (Wildman–Crippen MR) is 82.1 cm³/mol. The molecule has 0 fully saturated rings. The van der Waals surface area contributed by atoms with Crippen LogP contribution in [0.15, 0.2) is 34.9 Å². The quantitative estimate of drug-likeness (QED) is 0.892. The van der Waals surface area contributed by atoms with Gasteiger partial charge in [0.05, 0.1) is 11.2 Å². The Balaban J connectivity index is 2.28. The number of anilines is 1. The van der Waals surface area contributed by atoms with Crippen LogP contribution in [-0.4, -0.2) is 10.9 Å². The summed E-state index contributed by atoms with van der Waals surface area (Å²) in [6, 6.07) is 7.77. The second-order valence-electron chi connectivity index (χ2n) is 5.82. The summed E-state index contributed by atoms with van der Waals surface area (Å²) in [6.07, 6.45) is 2.22. The molecule has 0 aliphatic carbocycles. The number of nitrogens with one attached hydrogen (secondary N) is 1. The molecule has 1 heterocycles. The van der Waals surface area contributed by atoms with Crippen molar-refractivity contribution < 1.29 is 4.79 Å². The first-order valence-corrected chi connectivity index (χ1v) is 6.99. The highest BCUT2D eigenvalue weighted by Crippen LogP contribution is 2.25. The molecule has 4 heteroatoms. The van der Waals surface area contributed by atoms with Crippen LogP contribution in [0.5, 0.6) is 0 Å². The highest BCUT2D eigenvalue weighted by Gasteiger charge is 2.16. The van der Waals surface area contributed by atoms with Crippen LogP contribution in [0.1, 0.15) is 27.2 Å². The number of halogens is 1. The summed E-state index contributed by atoms with van der Waals surface area (Å²) in [6.45, 7) is 6.14. The first kappa shape index (κ1) is 14.0. The Morgan fingerprint density at radius 2 is 2.11 bits per heavy atom. The summed E-state index contributed by atoms with van der Waals surface area (Å²) in [5.41, 5.74) is 1.55. The normalized spacial score (nSPS) is 11.6. The third-order valence-electron chi connectivity index (χ3n) is 2.64. The monoisotopic (exact) mass is 320 g/mol. The maximum atomic E-state index is 12.0. The average Bonchev–Trinajstić information content (AvgIpc) is 2.26. The zero-order chi connectivity index (χ0) is 14.0. The van der Waals surface area contributed by atoms with Gasteiger partial charge in [-0.2, -0.15) is 0 Å². The number of aromatic nitrogens is 1. The van der Waals surface area contributed by atoms with E-state index in [9.17, 15) is 4.79 Å². The van der Waals surface area contributed by atoms with E-state index in [1.54, 1.807) is 6.20 Å². The smallest absolute Gasteiger partial charge is 0.224 e. The van der Waals surface area contributed by atoms with Crippen LogP contribution in [0.25, 0.3) is 10.9 Å². The van der Waals surface area contributed by atoms with E-state index in [1.807, 2.05) is 45.0 Å². The molecule has 19 heavy (non-hydrogen) atoms. The van der Waals surface area contributed by atoms with Gasteiger partial charge in [-0.25, -0.2) is 0 Å². The van der Waals surface area contributed by atoms with Crippen molar-refractivity contribution in [3.05, 3.63) is 34.9 Å². The standard InChI is InChI=1S/C15H17BrN2O/c1-15(2,3)8-13(19)18-12-6-4-5-10-7-11(16)9-17-14(10)12/h4-7,9H,8H2,1-3H3,(H,18,19). The van der Waals surface area contributed by atoms with Crippen LogP contribution < -0.4 is 5.32 Å². The molecular weight excluding hydrogens is 304 g/mol. The highest BCUT2D eigenvalue weighted by atomic mass is 79.9. The lowest BCUT2D eigenvalue weighted by Gasteiger charge is -2.17. The van der Waals surface area contributed by atoms with Crippen LogP contribution in [0, 0.1) is 5.41 Å². The van der Waals surface area contributed by atoms with Gasteiger partial charge in [0, 0.05) is 22.5 Å². The number of carbonyl (C=O) groups is 1. The summed E-state index contributed by atoms with van der Waals surface area (Å²) < 4.78 is 0.929. The van der Waals surface area contributed by atoms with E-state index in [1.165, 1.54) is 0 Å². The molecule has 0 saturated carbocycles. The molecule has 2 rings (SSSR count). The number of rotatable bonds is 2. The maximum absolute atomic E-state index is 12.0. The minimum atomic E-state index is -0.0227. The van der Waals surface area contributed by atoms with Crippen molar-refractivity contribution in [3.63, 3.8) is 0 Å². The van der Waals surface area contributed by atoms with Gasteiger partial charge in [0.1, 0.15) is 0 Å². The molecule has 1 aromatic carbocycles. The number of carbonyl (C=O) groups excluding carboxylic acids is 1. The molecule has 0 atom stereocenters. The van der Waals surface area contributed by atoms with E-state index in [0.717, 1.165) is 21.1 Å². The summed E-state index contributed by atoms with van der Waals surface area (Å²) in [5.74, 6) is 0.0183. The molecule has 0 radical (unpaired) electrons. The van der Waals surface area contributed by atoms with Crippen molar-refractivity contribution in [2.75, 3.05) is 5.32 Å². The minimum Gasteiger partial charge on any atom is -0.324 e. The first-order valence-electron chi connectivity index (χ1n) is 6.19. The molecule has 1 aromatic heterocycles. The molecule has 0 bridgehead atoms. The lowest BCUT2D eigenvalue weighted by molar-refractivity contribution is -0.117. The topological polar surface area (TPSA) is 42.0 Å². The predicted octanol–water partition coefficient (Wildman–Crippen LogP) is 4.37. The van der Waals surface area contributed by atoms with E-state index in [-0.39, 0.29) is 11.3 Å². The number of pyridine rings is 1. The third kappa shape index (κ3) is 3.77. The van der Waals surface area contributed by atoms with Gasteiger partial charge in [-0.1, -0.05) is 32.9 Å². The summed E-state index contributed by atoms with van der Waals surface area (Å²) in [5, 5.41) is 3.95. The van der Waals surface area contributed by atoms with Crippen molar-refractivity contribution in [2.24, 2.45) is 5.41 Å². The Kier molecular flexibility index (Phi) is 3.90. The molecule has 1 N–H and O–H groups in total. The molecule has 1 amide bonds. The SMILES string of the molecule is CC(C)(C)CC(=O)Nc1cccc2cc(Br)cnc12. The second kappa shape index (κ2) is 5.29. The Hall–Kier alpha value is -1.42. The zero-order valence-electron chi connectivity index (χ0n) is 11.3. The number of hydrogen-bond acceptors (Lipinski definition) is 2. The van der Waals surface area contributed by atoms with Crippen LogP contribution >= 0.6 is 15.9 Å². The van der Waals surface area contributed by atoms with Gasteiger partial charge in [-0.05, 0) is 33.5 Å². The molecule has 0 spiro atoms. The molecular formula is C15H17BrN2O. The van der Waals surface area contributed by atoms with Crippen molar-refractivity contribution in [1.29, 1.82) is 0 Å². The van der Waals surface area contributed by atoms with Crippen LogP contribution in [0.2, 0.25) is 0 Å². The van der Waals surface area contributed by atoms with Gasteiger partial charge in [0.15, 0.2) is 0 Å². The fourth-order valence-corrected chi connectivity index (χ4v) is 2.26. The van der Waals surface area contributed by atoms with E-state index in [4.69, 9.17) is 0 Å². The number of amides is 1. The number of fused-ring (bicyclic) bond motifs is 1. The lowest BCUT2D eigenvalue weighted by atomic mass is 9.92. The van der Waals surface area contributed by atoms with E-state index < -0.39 is 0 Å². The van der Waals surface area contributed by atoms with Crippen LogP contribution in [0.4, 0.5) is 5.69 Å². The minimum absolute atomic E-state index is 0.0183. The Morgan fingerprint density at radius 1 is 1.37 bits per heavy atom. The van der Waals surface area contributed by atoms with E-state index in [0.29, 0.717) is 6.42 Å². The second-order valence-corrected chi connectivity index (χ2v) is 6.73. The zero-order valence-corrected chi connectivity index (χ0v) is 12.9. The van der Waals surface area contributed by atoms with E-state index >= 15 is 0 Å². The fraction of sp³-hybridized carbons (Fsp3) is 0.333. The Labute approximate surface area is 121 Å². The summed E-state index contributed by atoms with van der Waals surface area (Å²) in [7, 11) is 0. The van der Waals surface area contributed by atoms with Crippen molar-refractivity contribution >= 4 is 38.4 Å². The lowest BCUT2D eigenvalue weighted by Crippen LogP contribution is -2.19. The third-order valence-corrected chi connectivity index (χ3v) is 3.08. The number of para-hydroxylation sites is 1. The molecule has 100 valence electrons. The largest absolute Gasteiger partial charge is 0.324 e. The van der Waals surface area contributed by atoms with E-state index in [2.05, 4.69) is 26.2 Å². The number of benzene rings is 1. The number of hydrogen-bond donors (Lipinski definition) is 1. The Morgan fingerprint density at radius 3 is 2.79 bits per heavy atom. The average molecular weight is 321 g/mol. The maximum Gasteiger partial charge on any atom is 0.224 e. The Bertz CT molecular complexity index is 617. The van der Waals surface area contributed by atoms with Crippen LogP contribution in [0.3, 0.4) is 0 Å². The van der Waals surface area contributed by atoms with Crippen molar-refractivity contribution in [1.82, 2.24) is 4.98 Å². The summed E-state index contributed by atoms with van der Waals surface area (Å²) in [4.78, 5) is 16.4. The van der Waals surface area contributed by atoms with Gasteiger partial charge >= 0.3 is 0 Å². The van der Waals surface area contributed by atoms with Crippen molar-refractivity contribution in [2.45, 2.75) is 27.2 Å². The van der Waals surface area contributed by atoms with Gasteiger partial charge < -0.3 is 5.32 Å². The van der Waals surface area contributed by atoms with Gasteiger partial charge in [0.25, 0.3) is 0 Å². The highest BCUT2D eigenvalue weighted by molar-refractivity contribution is 9.10. The molecule has 0 aliphatic heterocycles.